The number of hydrogen-bond donors (Lipinski definition) is 1. The third-order valence-electron chi connectivity index (χ3n) is 4.06. The molecule has 0 aliphatic carbocycles. The van der Waals surface area contributed by atoms with Gasteiger partial charge in [0.2, 0.25) is 0 Å². The Bertz CT molecular complexity index is 392. The predicted octanol–water partition coefficient (Wildman–Crippen LogP) is 3.92. The second kappa shape index (κ2) is 6.58. The Morgan fingerprint density at radius 1 is 1.33 bits per heavy atom. The lowest BCUT2D eigenvalue weighted by Gasteiger charge is -2.26. The van der Waals surface area contributed by atoms with Crippen molar-refractivity contribution in [2.75, 3.05) is 18.0 Å². The molecule has 0 saturated carbocycles. The van der Waals surface area contributed by atoms with E-state index in [0.717, 1.165) is 10.4 Å². The number of nitrogens with two attached hydrogens (primary N) is 1. The minimum Gasteiger partial charge on any atom is -0.371 e. The average molecular weight is 311 g/mol. The SMILES string of the molecule is CCC1CCCN(c2cccc(Br)c2CN)CC1. The third kappa shape index (κ3) is 3.07. The number of nitrogens with zero attached hydrogens (tertiary/aromatic N) is 1. The van der Waals surface area contributed by atoms with Crippen LogP contribution >= 0.6 is 15.9 Å². The zero-order chi connectivity index (χ0) is 13.0. The molecule has 2 nitrogen and oxygen atoms in total. The lowest BCUT2D eigenvalue weighted by atomic mass is 9.98. The van der Waals surface area contributed by atoms with Crippen LogP contribution in [0.2, 0.25) is 0 Å². The van der Waals surface area contributed by atoms with Gasteiger partial charge in [0, 0.05) is 35.4 Å². The fraction of sp³-hybridized carbons (Fsp3) is 0.600. The summed E-state index contributed by atoms with van der Waals surface area (Å²) in [5, 5.41) is 0. The molecular formula is C15H23BrN2. The lowest BCUT2D eigenvalue weighted by Crippen LogP contribution is -2.26. The molecule has 0 aromatic heterocycles. The molecule has 100 valence electrons. The van der Waals surface area contributed by atoms with E-state index in [2.05, 4.69) is 46.0 Å². The van der Waals surface area contributed by atoms with Crippen LogP contribution in [-0.2, 0) is 6.54 Å². The molecule has 1 fully saturated rings. The molecular weight excluding hydrogens is 288 g/mol. The van der Waals surface area contributed by atoms with Crippen molar-refractivity contribution in [1.82, 2.24) is 0 Å². The van der Waals surface area contributed by atoms with Crippen molar-refractivity contribution in [1.29, 1.82) is 0 Å². The van der Waals surface area contributed by atoms with E-state index in [0.29, 0.717) is 6.54 Å². The van der Waals surface area contributed by atoms with Gasteiger partial charge in [0.25, 0.3) is 0 Å². The van der Waals surface area contributed by atoms with Crippen molar-refractivity contribution >= 4 is 21.6 Å². The Morgan fingerprint density at radius 3 is 2.89 bits per heavy atom. The van der Waals surface area contributed by atoms with Gasteiger partial charge in [-0.2, -0.15) is 0 Å². The lowest BCUT2D eigenvalue weighted by molar-refractivity contribution is 0.459. The third-order valence-corrected chi connectivity index (χ3v) is 4.81. The van der Waals surface area contributed by atoms with Gasteiger partial charge in [-0.25, -0.2) is 0 Å². The monoisotopic (exact) mass is 310 g/mol. The highest BCUT2D eigenvalue weighted by Gasteiger charge is 2.18. The maximum atomic E-state index is 5.89. The van der Waals surface area contributed by atoms with Crippen molar-refractivity contribution in [2.45, 2.75) is 39.2 Å². The van der Waals surface area contributed by atoms with Gasteiger partial charge in [-0.05, 0) is 37.3 Å². The first-order chi connectivity index (χ1) is 8.76. The predicted molar refractivity (Wildman–Crippen MR) is 81.9 cm³/mol. The Hall–Kier alpha value is -0.540. The highest BCUT2D eigenvalue weighted by molar-refractivity contribution is 9.10. The Balaban J connectivity index is 2.18. The summed E-state index contributed by atoms with van der Waals surface area (Å²) in [5.41, 5.74) is 8.46. The van der Waals surface area contributed by atoms with E-state index < -0.39 is 0 Å². The molecule has 1 aliphatic heterocycles. The summed E-state index contributed by atoms with van der Waals surface area (Å²) in [6.07, 6.45) is 5.30. The zero-order valence-corrected chi connectivity index (χ0v) is 12.7. The summed E-state index contributed by atoms with van der Waals surface area (Å²) in [7, 11) is 0. The smallest absolute Gasteiger partial charge is 0.0423 e. The molecule has 1 heterocycles. The fourth-order valence-electron chi connectivity index (χ4n) is 2.86. The summed E-state index contributed by atoms with van der Waals surface area (Å²) in [5.74, 6) is 0.906. The molecule has 1 unspecified atom stereocenters. The van der Waals surface area contributed by atoms with Crippen LogP contribution in [0.5, 0.6) is 0 Å². The van der Waals surface area contributed by atoms with Crippen LogP contribution in [0.3, 0.4) is 0 Å². The van der Waals surface area contributed by atoms with Crippen LogP contribution < -0.4 is 10.6 Å². The molecule has 1 aromatic carbocycles. The second-order valence-electron chi connectivity index (χ2n) is 5.13. The zero-order valence-electron chi connectivity index (χ0n) is 11.2. The topological polar surface area (TPSA) is 29.3 Å². The summed E-state index contributed by atoms with van der Waals surface area (Å²) in [6.45, 7) is 5.25. The van der Waals surface area contributed by atoms with Gasteiger partial charge in [0.1, 0.15) is 0 Å². The average Bonchev–Trinajstić information content (AvgIpc) is 2.63. The maximum absolute atomic E-state index is 5.89. The van der Waals surface area contributed by atoms with E-state index in [4.69, 9.17) is 5.73 Å². The normalized spacial score (nSPS) is 20.8. The summed E-state index contributed by atoms with van der Waals surface area (Å²) >= 11 is 3.61. The molecule has 0 spiro atoms. The van der Waals surface area contributed by atoms with E-state index in [1.807, 2.05) is 0 Å². The van der Waals surface area contributed by atoms with Crippen LogP contribution in [0, 0.1) is 5.92 Å². The van der Waals surface area contributed by atoms with Gasteiger partial charge in [0.15, 0.2) is 0 Å². The van der Waals surface area contributed by atoms with Crippen molar-refractivity contribution < 1.29 is 0 Å². The molecule has 18 heavy (non-hydrogen) atoms. The van der Waals surface area contributed by atoms with E-state index in [1.165, 1.54) is 50.0 Å². The standard InChI is InChI=1S/C15H23BrN2/c1-2-12-5-4-9-18(10-8-12)15-7-3-6-14(16)13(15)11-17/h3,6-7,12H,2,4-5,8-11,17H2,1H3. The molecule has 3 heteroatoms. The minimum absolute atomic E-state index is 0.602. The summed E-state index contributed by atoms with van der Waals surface area (Å²) < 4.78 is 1.14. The molecule has 2 N–H and O–H groups in total. The Morgan fingerprint density at radius 2 is 2.17 bits per heavy atom. The largest absolute Gasteiger partial charge is 0.371 e. The number of halogens is 1. The van der Waals surface area contributed by atoms with E-state index in [-0.39, 0.29) is 0 Å². The fourth-order valence-corrected chi connectivity index (χ4v) is 3.38. The van der Waals surface area contributed by atoms with Gasteiger partial charge < -0.3 is 10.6 Å². The van der Waals surface area contributed by atoms with Crippen molar-refractivity contribution in [3.05, 3.63) is 28.2 Å². The van der Waals surface area contributed by atoms with Crippen molar-refractivity contribution in [3.8, 4) is 0 Å². The minimum atomic E-state index is 0.602. The van der Waals surface area contributed by atoms with Crippen molar-refractivity contribution in [2.24, 2.45) is 11.7 Å². The van der Waals surface area contributed by atoms with Gasteiger partial charge in [-0.15, -0.1) is 0 Å². The summed E-state index contributed by atoms with van der Waals surface area (Å²) in [6, 6.07) is 6.40. The molecule has 2 rings (SSSR count). The van der Waals surface area contributed by atoms with Crippen LogP contribution in [0.4, 0.5) is 5.69 Å². The molecule has 1 aliphatic rings. The van der Waals surface area contributed by atoms with E-state index >= 15 is 0 Å². The Kier molecular flexibility index (Phi) is 5.07. The number of anilines is 1. The second-order valence-corrected chi connectivity index (χ2v) is 5.99. The molecule has 1 atom stereocenters. The first kappa shape index (κ1) is 13.9. The first-order valence-electron chi connectivity index (χ1n) is 6.98. The highest BCUT2D eigenvalue weighted by atomic mass is 79.9. The summed E-state index contributed by atoms with van der Waals surface area (Å²) in [4.78, 5) is 2.52. The number of rotatable bonds is 3. The van der Waals surface area contributed by atoms with Crippen molar-refractivity contribution in [3.63, 3.8) is 0 Å². The highest BCUT2D eigenvalue weighted by Crippen LogP contribution is 2.30. The number of hydrogen-bond acceptors (Lipinski definition) is 2. The van der Waals surface area contributed by atoms with Gasteiger partial charge in [0.05, 0.1) is 0 Å². The van der Waals surface area contributed by atoms with Crippen LogP contribution in [0.15, 0.2) is 22.7 Å². The molecule has 0 bridgehead atoms. The van der Waals surface area contributed by atoms with Gasteiger partial charge >= 0.3 is 0 Å². The quantitative estimate of drug-likeness (QED) is 0.916. The van der Waals surface area contributed by atoms with E-state index in [1.54, 1.807) is 0 Å². The number of benzene rings is 1. The van der Waals surface area contributed by atoms with Crippen LogP contribution in [-0.4, -0.2) is 13.1 Å². The van der Waals surface area contributed by atoms with Crippen LogP contribution in [0.1, 0.15) is 38.2 Å². The van der Waals surface area contributed by atoms with E-state index in [9.17, 15) is 0 Å². The molecule has 1 aromatic rings. The van der Waals surface area contributed by atoms with Gasteiger partial charge in [-0.1, -0.05) is 35.3 Å². The molecule has 0 radical (unpaired) electrons. The maximum Gasteiger partial charge on any atom is 0.0423 e. The van der Waals surface area contributed by atoms with Gasteiger partial charge in [-0.3, -0.25) is 0 Å². The van der Waals surface area contributed by atoms with Crippen LogP contribution in [0.25, 0.3) is 0 Å². The molecule has 1 saturated heterocycles. The molecule has 0 amide bonds. The Labute approximate surface area is 119 Å². The first-order valence-corrected chi connectivity index (χ1v) is 7.78.